The number of rotatable bonds is 6. The Bertz CT molecular complexity index is 581. The third-order valence-electron chi connectivity index (χ3n) is 4.03. The number of furan rings is 1. The van der Waals surface area contributed by atoms with E-state index in [1.54, 1.807) is 0 Å². The highest BCUT2D eigenvalue weighted by molar-refractivity contribution is 5.63. The highest BCUT2D eigenvalue weighted by Gasteiger charge is 2.20. The maximum atomic E-state index is 6.03. The molecule has 0 bridgehead atoms. The Balaban J connectivity index is 1.83. The molecule has 0 atom stereocenters. The Morgan fingerprint density at radius 2 is 1.95 bits per heavy atom. The van der Waals surface area contributed by atoms with Crippen LogP contribution in [0.5, 0.6) is 0 Å². The van der Waals surface area contributed by atoms with E-state index in [1.807, 2.05) is 0 Å². The van der Waals surface area contributed by atoms with Crippen molar-refractivity contribution in [2.24, 2.45) is 0 Å². The van der Waals surface area contributed by atoms with Gasteiger partial charge in [-0.05, 0) is 55.0 Å². The van der Waals surface area contributed by atoms with Crippen molar-refractivity contribution in [3.8, 4) is 11.3 Å². The van der Waals surface area contributed by atoms with E-state index in [2.05, 4.69) is 49.5 Å². The Labute approximate surface area is 121 Å². The highest BCUT2D eigenvalue weighted by atomic mass is 16.3. The Morgan fingerprint density at radius 1 is 1.10 bits per heavy atom. The van der Waals surface area contributed by atoms with Gasteiger partial charge >= 0.3 is 0 Å². The minimum atomic E-state index is 0.721. The fraction of sp³-hybridized carbons (Fsp3) is 0.444. The zero-order valence-electron chi connectivity index (χ0n) is 12.4. The minimum absolute atomic E-state index is 0.721. The molecule has 1 aliphatic rings. The SMILES string of the molecule is CCc1ccc(CC)c(-c2ccc(CNC3CC3)o2)c1. The molecule has 0 unspecified atom stereocenters. The molecule has 0 radical (unpaired) electrons. The Kier molecular flexibility index (Phi) is 3.93. The van der Waals surface area contributed by atoms with Crippen molar-refractivity contribution in [1.82, 2.24) is 5.32 Å². The van der Waals surface area contributed by atoms with Crippen LogP contribution in [-0.2, 0) is 19.4 Å². The van der Waals surface area contributed by atoms with Gasteiger partial charge in [-0.3, -0.25) is 0 Å². The largest absolute Gasteiger partial charge is 0.460 e. The van der Waals surface area contributed by atoms with Gasteiger partial charge in [0.15, 0.2) is 0 Å². The van der Waals surface area contributed by atoms with Crippen LogP contribution < -0.4 is 5.32 Å². The van der Waals surface area contributed by atoms with Crippen molar-refractivity contribution in [2.75, 3.05) is 0 Å². The quantitative estimate of drug-likeness (QED) is 0.844. The van der Waals surface area contributed by atoms with Crippen molar-refractivity contribution in [3.05, 3.63) is 47.2 Å². The lowest BCUT2D eigenvalue weighted by atomic mass is 9.99. The zero-order valence-corrected chi connectivity index (χ0v) is 12.4. The normalized spacial score (nSPS) is 14.7. The molecule has 106 valence electrons. The molecule has 1 heterocycles. The van der Waals surface area contributed by atoms with Gasteiger partial charge in [-0.25, -0.2) is 0 Å². The van der Waals surface area contributed by atoms with Gasteiger partial charge in [-0.1, -0.05) is 26.0 Å². The first-order valence-corrected chi connectivity index (χ1v) is 7.74. The molecule has 20 heavy (non-hydrogen) atoms. The lowest BCUT2D eigenvalue weighted by Crippen LogP contribution is -2.14. The number of benzene rings is 1. The van der Waals surface area contributed by atoms with Crippen molar-refractivity contribution >= 4 is 0 Å². The number of hydrogen-bond acceptors (Lipinski definition) is 2. The molecule has 1 fully saturated rings. The van der Waals surface area contributed by atoms with E-state index in [-0.39, 0.29) is 0 Å². The molecular formula is C18H23NO. The van der Waals surface area contributed by atoms with Gasteiger partial charge in [0.2, 0.25) is 0 Å². The van der Waals surface area contributed by atoms with Gasteiger partial charge in [0.05, 0.1) is 6.54 Å². The monoisotopic (exact) mass is 269 g/mol. The van der Waals surface area contributed by atoms with Crippen LogP contribution >= 0.6 is 0 Å². The van der Waals surface area contributed by atoms with Crippen LogP contribution in [0.3, 0.4) is 0 Å². The van der Waals surface area contributed by atoms with E-state index >= 15 is 0 Å². The smallest absolute Gasteiger partial charge is 0.134 e. The first-order valence-electron chi connectivity index (χ1n) is 7.74. The standard InChI is InChI=1S/C18H23NO/c1-3-13-5-6-14(4-2)17(11-13)18-10-9-16(20-18)12-19-15-7-8-15/h5-6,9-11,15,19H,3-4,7-8,12H2,1-2H3. The van der Waals surface area contributed by atoms with Gasteiger partial charge < -0.3 is 9.73 Å². The van der Waals surface area contributed by atoms with E-state index in [0.717, 1.165) is 36.9 Å². The predicted molar refractivity (Wildman–Crippen MR) is 82.8 cm³/mol. The lowest BCUT2D eigenvalue weighted by molar-refractivity contribution is 0.492. The van der Waals surface area contributed by atoms with Crippen LogP contribution in [0.1, 0.15) is 43.6 Å². The van der Waals surface area contributed by atoms with E-state index in [4.69, 9.17) is 4.42 Å². The average molecular weight is 269 g/mol. The van der Waals surface area contributed by atoms with Gasteiger partial charge in [-0.2, -0.15) is 0 Å². The molecule has 1 saturated carbocycles. The van der Waals surface area contributed by atoms with Crippen LogP contribution in [0.2, 0.25) is 0 Å². The van der Waals surface area contributed by atoms with E-state index in [1.165, 1.54) is 29.5 Å². The second-order valence-electron chi connectivity index (χ2n) is 5.62. The van der Waals surface area contributed by atoms with Crippen molar-refractivity contribution in [3.63, 3.8) is 0 Å². The molecule has 1 N–H and O–H groups in total. The molecule has 0 amide bonds. The summed E-state index contributed by atoms with van der Waals surface area (Å²) in [4.78, 5) is 0. The summed E-state index contributed by atoms with van der Waals surface area (Å²) in [6.07, 6.45) is 4.72. The van der Waals surface area contributed by atoms with Crippen LogP contribution in [0.25, 0.3) is 11.3 Å². The Morgan fingerprint density at radius 3 is 2.65 bits per heavy atom. The molecule has 2 nitrogen and oxygen atoms in total. The summed E-state index contributed by atoms with van der Waals surface area (Å²) in [5.74, 6) is 2.04. The van der Waals surface area contributed by atoms with Crippen molar-refractivity contribution in [1.29, 1.82) is 0 Å². The van der Waals surface area contributed by atoms with E-state index < -0.39 is 0 Å². The summed E-state index contributed by atoms with van der Waals surface area (Å²) in [6.45, 7) is 5.24. The summed E-state index contributed by atoms with van der Waals surface area (Å²) < 4.78 is 6.03. The molecule has 0 spiro atoms. The number of aryl methyl sites for hydroxylation is 2. The van der Waals surface area contributed by atoms with Crippen LogP contribution in [0.15, 0.2) is 34.7 Å². The van der Waals surface area contributed by atoms with Gasteiger partial charge in [0.1, 0.15) is 11.5 Å². The van der Waals surface area contributed by atoms with Crippen LogP contribution in [-0.4, -0.2) is 6.04 Å². The summed E-state index contributed by atoms with van der Waals surface area (Å²) in [5.41, 5.74) is 3.98. The average Bonchev–Trinajstić information content (AvgIpc) is 3.21. The first kappa shape index (κ1) is 13.4. The fourth-order valence-corrected chi connectivity index (χ4v) is 2.53. The summed E-state index contributed by atoms with van der Waals surface area (Å²) in [5, 5.41) is 3.50. The summed E-state index contributed by atoms with van der Waals surface area (Å²) >= 11 is 0. The summed E-state index contributed by atoms with van der Waals surface area (Å²) in [7, 11) is 0. The molecule has 0 aliphatic heterocycles. The Hall–Kier alpha value is -1.54. The maximum Gasteiger partial charge on any atom is 0.134 e. The predicted octanol–water partition coefficient (Wildman–Crippen LogP) is 4.32. The maximum absolute atomic E-state index is 6.03. The van der Waals surface area contributed by atoms with E-state index in [0.29, 0.717) is 0 Å². The zero-order chi connectivity index (χ0) is 13.9. The van der Waals surface area contributed by atoms with Gasteiger partial charge in [0, 0.05) is 11.6 Å². The molecule has 1 aromatic carbocycles. The third kappa shape index (κ3) is 2.96. The van der Waals surface area contributed by atoms with Crippen LogP contribution in [0.4, 0.5) is 0 Å². The summed E-state index contributed by atoms with van der Waals surface area (Å²) in [6, 6.07) is 11.7. The van der Waals surface area contributed by atoms with E-state index in [9.17, 15) is 0 Å². The highest BCUT2D eigenvalue weighted by Crippen LogP contribution is 2.28. The molecular weight excluding hydrogens is 246 g/mol. The van der Waals surface area contributed by atoms with Crippen LogP contribution in [0, 0.1) is 0 Å². The van der Waals surface area contributed by atoms with Gasteiger partial charge in [-0.15, -0.1) is 0 Å². The fourth-order valence-electron chi connectivity index (χ4n) is 2.53. The van der Waals surface area contributed by atoms with Crippen molar-refractivity contribution < 1.29 is 4.42 Å². The number of nitrogens with one attached hydrogen (secondary N) is 1. The molecule has 0 saturated heterocycles. The second kappa shape index (κ2) is 5.84. The van der Waals surface area contributed by atoms with Crippen molar-refractivity contribution in [2.45, 2.75) is 52.1 Å². The minimum Gasteiger partial charge on any atom is -0.460 e. The second-order valence-corrected chi connectivity index (χ2v) is 5.62. The molecule has 2 aromatic rings. The molecule has 2 heteroatoms. The molecule has 3 rings (SSSR count). The molecule has 1 aliphatic carbocycles. The van der Waals surface area contributed by atoms with Gasteiger partial charge in [0.25, 0.3) is 0 Å². The number of hydrogen-bond donors (Lipinski definition) is 1. The third-order valence-corrected chi connectivity index (χ3v) is 4.03. The topological polar surface area (TPSA) is 25.2 Å². The molecule has 1 aromatic heterocycles. The lowest BCUT2D eigenvalue weighted by Gasteiger charge is -2.08. The first-order chi connectivity index (χ1) is 9.80.